The highest BCUT2D eigenvalue weighted by Gasteiger charge is 2.18. The van der Waals surface area contributed by atoms with Crippen molar-refractivity contribution in [3.63, 3.8) is 0 Å². The summed E-state index contributed by atoms with van der Waals surface area (Å²) in [5.41, 5.74) is 7.82. The molecule has 1 heterocycles. The van der Waals surface area contributed by atoms with Gasteiger partial charge < -0.3 is 21.7 Å². The highest BCUT2D eigenvalue weighted by Crippen LogP contribution is 2.22. The van der Waals surface area contributed by atoms with Crippen LogP contribution in [0.15, 0.2) is 18.2 Å². The number of hydrogen-bond acceptors (Lipinski definition) is 4. The number of carbonyl (C=O) groups is 2. The van der Waals surface area contributed by atoms with Gasteiger partial charge in [-0.2, -0.15) is 0 Å². The van der Waals surface area contributed by atoms with E-state index in [-0.39, 0.29) is 17.9 Å². The van der Waals surface area contributed by atoms with Gasteiger partial charge in [-0.3, -0.25) is 9.59 Å². The van der Waals surface area contributed by atoms with Crippen molar-refractivity contribution in [3.8, 4) is 0 Å². The molecule has 1 aliphatic heterocycles. The van der Waals surface area contributed by atoms with Gasteiger partial charge in [0, 0.05) is 31.1 Å². The van der Waals surface area contributed by atoms with Crippen LogP contribution in [0.5, 0.6) is 0 Å². The van der Waals surface area contributed by atoms with Gasteiger partial charge in [0.2, 0.25) is 5.91 Å². The predicted molar refractivity (Wildman–Crippen MR) is 78.5 cm³/mol. The summed E-state index contributed by atoms with van der Waals surface area (Å²) < 4.78 is 0. The van der Waals surface area contributed by atoms with Gasteiger partial charge >= 0.3 is 0 Å². The fraction of sp³-hybridized carbons (Fsp3) is 0.429. The number of amides is 2. The molecular weight excluding hydrogens is 256 g/mol. The molecule has 1 saturated heterocycles. The third-order valence-electron chi connectivity index (χ3n) is 3.28. The first-order chi connectivity index (χ1) is 9.60. The second-order valence-corrected chi connectivity index (χ2v) is 4.85. The zero-order valence-electron chi connectivity index (χ0n) is 11.5. The van der Waals surface area contributed by atoms with E-state index in [2.05, 4.69) is 16.0 Å². The Hall–Kier alpha value is -2.24. The van der Waals surface area contributed by atoms with E-state index in [9.17, 15) is 9.59 Å². The van der Waals surface area contributed by atoms with Crippen LogP contribution in [-0.2, 0) is 4.79 Å². The molecule has 2 amide bonds. The molecular formula is C14H20N4O2. The van der Waals surface area contributed by atoms with Crippen LogP contribution in [0.1, 0.15) is 30.1 Å². The van der Waals surface area contributed by atoms with Gasteiger partial charge in [-0.25, -0.2) is 0 Å². The quantitative estimate of drug-likeness (QED) is 0.609. The Bertz CT molecular complexity index is 506. The molecule has 108 valence electrons. The molecule has 1 fully saturated rings. The Morgan fingerprint density at radius 3 is 2.95 bits per heavy atom. The summed E-state index contributed by atoms with van der Waals surface area (Å²) in [4.78, 5) is 22.9. The van der Waals surface area contributed by atoms with Gasteiger partial charge in [0.25, 0.3) is 5.91 Å². The van der Waals surface area contributed by atoms with Crippen molar-refractivity contribution in [1.29, 1.82) is 0 Å². The number of hydrogen-bond donors (Lipinski definition) is 4. The summed E-state index contributed by atoms with van der Waals surface area (Å²) in [5, 5.41) is 8.85. The average Bonchev–Trinajstić information content (AvgIpc) is 2.44. The Labute approximate surface area is 118 Å². The summed E-state index contributed by atoms with van der Waals surface area (Å²) >= 11 is 0. The van der Waals surface area contributed by atoms with Gasteiger partial charge in [0.15, 0.2) is 0 Å². The van der Waals surface area contributed by atoms with Gasteiger partial charge in [0.05, 0.1) is 11.4 Å². The molecule has 0 saturated carbocycles. The van der Waals surface area contributed by atoms with Crippen LogP contribution < -0.4 is 21.7 Å². The summed E-state index contributed by atoms with van der Waals surface area (Å²) in [7, 11) is 0. The zero-order chi connectivity index (χ0) is 14.5. The number of piperidine rings is 1. The fourth-order valence-electron chi connectivity index (χ4n) is 2.16. The standard InChI is InChI=1S/C14H20N4O2/c1-2-16-14(20)9-3-5-11(15)12(7-9)18-10-4-6-13(19)17-8-10/h3,5,7,10,18H,2,4,6,8,15H2,1H3,(H,16,20)(H,17,19). The number of rotatable bonds is 4. The van der Waals surface area contributed by atoms with E-state index in [0.717, 1.165) is 12.1 Å². The van der Waals surface area contributed by atoms with E-state index >= 15 is 0 Å². The summed E-state index contributed by atoms with van der Waals surface area (Å²) in [6.45, 7) is 3.03. The molecule has 1 aliphatic rings. The molecule has 6 nitrogen and oxygen atoms in total. The molecule has 0 aliphatic carbocycles. The van der Waals surface area contributed by atoms with Gasteiger partial charge in [-0.05, 0) is 31.5 Å². The van der Waals surface area contributed by atoms with Crippen LogP contribution in [0.25, 0.3) is 0 Å². The van der Waals surface area contributed by atoms with E-state index in [4.69, 9.17) is 5.73 Å². The summed E-state index contributed by atoms with van der Waals surface area (Å²) in [6.07, 6.45) is 1.27. The first-order valence-electron chi connectivity index (χ1n) is 6.81. The van der Waals surface area contributed by atoms with Crippen molar-refractivity contribution in [2.75, 3.05) is 24.1 Å². The van der Waals surface area contributed by atoms with Crippen LogP contribution in [-0.4, -0.2) is 30.9 Å². The lowest BCUT2D eigenvalue weighted by atomic mass is 10.1. The van der Waals surface area contributed by atoms with Crippen LogP contribution in [0.4, 0.5) is 11.4 Å². The van der Waals surface area contributed by atoms with Crippen molar-refractivity contribution in [2.45, 2.75) is 25.8 Å². The predicted octanol–water partition coefficient (Wildman–Crippen LogP) is 0.709. The highest BCUT2D eigenvalue weighted by atomic mass is 16.2. The van der Waals surface area contributed by atoms with Crippen molar-refractivity contribution >= 4 is 23.2 Å². The highest BCUT2D eigenvalue weighted by molar-refractivity contribution is 5.96. The second-order valence-electron chi connectivity index (χ2n) is 4.85. The normalized spacial score (nSPS) is 18.2. The number of anilines is 2. The maximum absolute atomic E-state index is 11.8. The Morgan fingerprint density at radius 1 is 1.50 bits per heavy atom. The van der Waals surface area contributed by atoms with E-state index in [1.165, 1.54) is 0 Å². The fourth-order valence-corrected chi connectivity index (χ4v) is 2.16. The lowest BCUT2D eigenvalue weighted by Gasteiger charge is -2.25. The van der Waals surface area contributed by atoms with Gasteiger partial charge in [0.1, 0.15) is 0 Å². The van der Waals surface area contributed by atoms with Crippen molar-refractivity contribution in [3.05, 3.63) is 23.8 Å². The maximum atomic E-state index is 11.8. The zero-order valence-corrected chi connectivity index (χ0v) is 11.5. The molecule has 1 unspecified atom stereocenters. The molecule has 0 aromatic heterocycles. The van der Waals surface area contributed by atoms with Crippen LogP contribution >= 0.6 is 0 Å². The van der Waals surface area contributed by atoms with E-state index in [1.54, 1.807) is 18.2 Å². The molecule has 6 heteroatoms. The minimum Gasteiger partial charge on any atom is -0.397 e. The smallest absolute Gasteiger partial charge is 0.251 e. The monoisotopic (exact) mass is 276 g/mol. The largest absolute Gasteiger partial charge is 0.397 e. The number of carbonyl (C=O) groups excluding carboxylic acids is 2. The summed E-state index contributed by atoms with van der Waals surface area (Å²) in [5.74, 6) is -0.0420. The molecule has 1 aromatic carbocycles. The lowest BCUT2D eigenvalue weighted by Crippen LogP contribution is -2.42. The van der Waals surface area contributed by atoms with Crippen molar-refractivity contribution in [2.24, 2.45) is 0 Å². The SMILES string of the molecule is CCNC(=O)c1ccc(N)c(NC2CCC(=O)NC2)c1. The number of nitrogens with two attached hydrogens (primary N) is 1. The topological polar surface area (TPSA) is 96.2 Å². The van der Waals surface area contributed by atoms with Gasteiger partial charge in [-0.1, -0.05) is 0 Å². The lowest BCUT2D eigenvalue weighted by molar-refractivity contribution is -0.122. The van der Waals surface area contributed by atoms with Crippen LogP contribution in [0, 0.1) is 0 Å². The average molecular weight is 276 g/mol. The van der Waals surface area contributed by atoms with E-state index in [1.807, 2.05) is 6.92 Å². The molecule has 20 heavy (non-hydrogen) atoms. The number of benzene rings is 1. The number of nitrogen functional groups attached to an aromatic ring is 1. The maximum Gasteiger partial charge on any atom is 0.251 e. The Morgan fingerprint density at radius 2 is 2.30 bits per heavy atom. The van der Waals surface area contributed by atoms with Crippen molar-refractivity contribution < 1.29 is 9.59 Å². The molecule has 0 spiro atoms. The van der Waals surface area contributed by atoms with E-state index < -0.39 is 0 Å². The molecule has 0 bridgehead atoms. The van der Waals surface area contributed by atoms with Crippen LogP contribution in [0.3, 0.4) is 0 Å². The molecule has 2 rings (SSSR count). The third-order valence-corrected chi connectivity index (χ3v) is 3.28. The number of nitrogens with one attached hydrogen (secondary N) is 3. The Balaban J connectivity index is 2.08. The Kier molecular flexibility index (Phi) is 4.45. The summed E-state index contributed by atoms with van der Waals surface area (Å²) in [6, 6.07) is 5.30. The molecule has 1 aromatic rings. The van der Waals surface area contributed by atoms with Crippen LogP contribution in [0.2, 0.25) is 0 Å². The van der Waals surface area contributed by atoms with E-state index in [0.29, 0.717) is 30.8 Å². The molecule has 0 radical (unpaired) electrons. The third kappa shape index (κ3) is 3.40. The minimum atomic E-state index is -0.118. The second kappa shape index (κ2) is 6.27. The first-order valence-corrected chi connectivity index (χ1v) is 6.81. The van der Waals surface area contributed by atoms with Gasteiger partial charge in [-0.15, -0.1) is 0 Å². The molecule has 1 atom stereocenters. The minimum absolute atomic E-state index is 0.0760. The van der Waals surface area contributed by atoms with Crippen molar-refractivity contribution in [1.82, 2.24) is 10.6 Å². The first kappa shape index (κ1) is 14.2. The molecule has 5 N–H and O–H groups in total.